The summed E-state index contributed by atoms with van der Waals surface area (Å²) in [4.78, 5) is 21.8. The molecule has 2 aromatic heterocycles. The van der Waals surface area contributed by atoms with Gasteiger partial charge in [-0.1, -0.05) is 0 Å². The molecule has 0 aliphatic carbocycles. The summed E-state index contributed by atoms with van der Waals surface area (Å²) in [6, 6.07) is 1.62. The van der Waals surface area contributed by atoms with E-state index in [1.54, 1.807) is 30.4 Å². The van der Waals surface area contributed by atoms with Gasteiger partial charge in [0.25, 0.3) is 5.91 Å². The van der Waals surface area contributed by atoms with E-state index in [4.69, 9.17) is 5.73 Å². The molecule has 0 bridgehead atoms. The molecule has 2 rings (SSSR count). The molecule has 94 valence electrons. The second kappa shape index (κ2) is 4.87. The number of aromatic nitrogens is 3. The number of carbonyl (C=O) groups is 1. The van der Waals surface area contributed by atoms with Gasteiger partial charge in [-0.3, -0.25) is 9.78 Å². The van der Waals surface area contributed by atoms with Crippen LogP contribution in [0.3, 0.4) is 0 Å². The van der Waals surface area contributed by atoms with Gasteiger partial charge in [0.05, 0.1) is 24.0 Å². The van der Waals surface area contributed by atoms with E-state index in [9.17, 15) is 4.79 Å². The van der Waals surface area contributed by atoms with Crippen LogP contribution >= 0.6 is 0 Å². The van der Waals surface area contributed by atoms with Crippen LogP contribution in [-0.4, -0.2) is 32.4 Å². The molecule has 0 saturated carbocycles. The Morgan fingerprint density at radius 2 is 2.28 bits per heavy atom. The van der Waals surface area contributed by atoms with Gasteiger partial charge in [-0.2, -0.15) is 0 Å². The maximum absolute atomic E-state index is 12.2. The second-order valence-corrected chi connectivity index (χ2v) is 4.08. The van der Waals surface area contributed by atoms with E-state index in [1.165, 1.54) is 6.20 Å². The number of anilines is 1. The van der Waals surface area contributed by atoms with E-state index >= 15 is 0 Å². The normalized spacial score (nSPS) is 10.3. The van der Waals surface area contributed by atoms with Crippen molar-refractivity contribution in [3.05, 3.63) is 42.2 Å². The van der Waals surface area contributed by atoms with E-state index in [0.717, 1.165) is 5.82 Å². The largest absolute Gasteiger partial charge is 0.397 e. The fraction of sp³-hybridized carbons (Fsp3) is 0.250. The smallest absolute Gasteiger partial charge is 0.256 e. The summed E-state index contributed by atoms with van der Waals surface area (Å²) in [6.07, 6.45) is 6.57. The first-order chi connectivity index (χ1) is 8.59. The first kappa shape index (κ1) is 12.1. The van der Waals surface area contributed by atoms with Crippen molar-refractivity contribution in [2.75, 3.05) is 12.8 Å². The molecular weight excluding hydrogens is 230 g/mol. The zero-order valence-electron chi connectivity index (χ0n) is 10.4. The van der Waals surface area contributed by atoms with Crippen molar-refractivity contribution in [3.8, 4) is 0 Å². The molecule has 1 amide bonds. The van der Waals surface area contributed by atoms with Crippen molar-refractivity contribution in [2.45, 2.75) is 6.54 Å². The third-order valence-corrected chi connectivity index (χ3v) is 2.73. The molecule has 0 radical (unpaired) electrons. The van der Waals surface area contributed by atoms with Crippen molar-refractivity contribution in [1.82, 2.24) is 19.4 Å². The topological polar surface area (TPSA) is 77.0 Å². The highest BCUT2D eigenvalue weighted by atomic mass is 16.2. The maximum atomic E-state index is 12.2. The number of nitrogens with two attached hydrogens (primary N) is 1. The molecule has 0 spiro atoms. The molecule has 0 saturated heterocycles. The quantitative estimate of drug-likeness (QED) is 0.862. The standard InChI is InChI=1S/C12H15N5O/c1-16-6-5-15-11(16)8-17(2)12(18)9-3-4-14-7-10(9)13/h3-7H,8,13H2,1-2H3. The van der Waals surface area contributed by atoms with E-state index in [2.05, 4.69) is 9.97 Å². The Morgan fingerprint density at radius 1 is 1.50 bits per heavy atom. The molecule has 6 nitrogen and oxygen atoms in total. The Balaban J connectivity index is 2.15. The minimum atomic E-state index is -0.141. The minimum absolute atomic E-state index is 0.141. The molecule has 0 aliphatic heterocycles. The van der Waals surface area contributed by atoms with Crippen LogP contribution in [-0.2, 0) is 13.6 Å². The van der Waals surface area contributed by atoms with Crippen molar-refractivity contribution in [1.29, 1.82) is 0 Å². The average Bonchev–Trinajstić information content (AvgIpc) is 2.75. The predicted octanol–water partition coefficient (Wildman–Crippen LogP) is 0.670. The number of aryl methyl sites for hydroxylation is 1. The van der Waals surface area contributed by atoms with Gasteiger partial charge in [-0.25, -0.2) is 4.98 Å². The van der Waals surface area contributed by atoms with E-state index in [-0.39, 0.29) is 5.91 Å². The lowest BCUT2D eigenvalue weighted by molar-refractivity contribution is 0.0781. The number of nitrogens with zero attached hydrogens (tertiary/aromatic N) is 4. The summed E-state index contributed by atoms with van der Waals surface area (Å²) >= 11 is 0. The SMILES string of the molecule is CN(Cc1nccn1C)C(=O)c1ccncc1N. The molecule has 2 N–H and O–H groups in total. The van der Waals surface area contributed by atoms with E-state index < -0.39 is 0 Å². The molecule has 0 fully saturated rings. The summed E-state index contributed by atoms with van der Waals surface area (Å²) in [5, 5.41) is 0. The third-order valence-electron chi connectivity index (χ3n) is 2.73. The lowest BCUT2D eigenvalue weighted by Gasteiger charge is -2.17. The van der Waals surface area contributed by atoms with Crippen LogP contribution in [0.15, 0.2) is 30.9 Å². The van der Waals surface area contributed by atoms with Crippen LogP contribution in [0, 0.1) is 0 Å². The first-order valence-corrected chi connectivity index (χ1v) is 5.50. The van der Waals surface area contributed by atoms with Gasteiger partial charge >= 0.3 is 0 Å². The van der Waals surface area contributed by atoms with Gasteiger partial charge < -0.3 is 15.2 Å². The van der Waals surface area contributed by atoms with E-state index in [1.807, 2.05) is 17.8 Å². The van der Waals surface area contributed by atoms with Gasteiger partial charge in [0, 0.05) is 32.7 Å². The highest BCUT2D eigenvalue weighted by Gasteiger charge is 2.16. The first-order valence-electron chi connectivity index (χ1n) is 5.50. The van der Waals surface area contributed by atoms with Gasteiger partial charge in [0.1, 0.15) is 5.82 Å². The fourth-order valence-corrected chi connectivity index (χ4v) is 1.64. The second-order valence-electron chi connectivity index (χ2n) is 4.08. The van der Waals surface area contributed by atoms with Crippen molar-refractivity contribution >= 4 is 11.6 Å². The summed E-state index contributed by atoms with van der Waals surface area (Å²) in [5.41, 5.74) is 6.58. The number of pyridine rings is 1. The van der Waals surface area contributed by atoms with Crippen LogP contribution in [0.2, 0.25) is 0 Å². The number of nitrogen functional groups attached to an aromatic ring is 1. The zero-order valence-corrected chi connectivity index (χ0v) is 10.4. The van der Waals surface area contributed by atoms with E-state index in [0.29, 0.717) is 17.8 Å². The summed E-state index contributed by atoms with van der Waals surface area (Å²) in [5.74, 6) is 0.677. The van der Waals surface area contributed by atoms with Gasteiger partial charge in [-0.15, -0.1) is 0 Å². The molecule has 2 heterocycles. The van der Waals surface area contributed by atoms with Crippen LogP contribution in [0.4, 0.5) is 5.69 Å². The molecule has 0 aromatic carbocycles. The van der Waals surface area contributed by atoms with Gasteiger partial charge in [0.15, 0.2) is 0 Å². The van der Waals surface area contributed by atoms with Crippen LogP contribution < -0.4 is 5.73 Å². The molecular formula is C12H15N5O. The van der Waals surface area contributed by atoms with Crippen LogP contribution in [0.25, 0.3) is 0 Å². The predicted molar refractivity (Wildman–Crippen MR) is 67.7 cm³/mol. The highest BCUT2D eigenvalue weighted by molar-refractivity contribution is 5.98. The zero-order chi connectivity index (χ0) is 13.1. The van der Waals surface area contributed by atoms with Crippen molar-refractivity contribution in [3.63, 3.8) is 0 Å². The molecule has 0 unspecified atom stereocenters. The van der Waals surface area contributed by atoms with Gasteiger partial charge in [-0.05, 0) is 6.07 Å². The van der Waals surface area contributed by atoms with Crippen molar-refractivity contribution in [2.24, 2.45) is 7.05 Å². The summed E-state index contributed by atoms with van der Waals surface area (Å²) < 4.78 is 1.87. The lowest BCUT2D eigenvalue weighted by atomic mass is 10.2. The Kier molecular flexibility index (Phi) is 3.27. The average molecular weight is 245 g/mol. The lowest BCUT2D eigenvalue weighted by Crippen LogP contribution is -2.28. The number of hydrogen-bond acceptors (Lipinski definition) is 4. The monoisotopic (exact) mass is 245 g/mol. The molecule has 18 heavy (non-hydrogen) atoms. The summed E-state index contributed by atoms with van der Waals surface area (Å²) in [6.45, 7) is 0.435. The molecule has 0 atom stereocenters. The Labute approximate surface area is 105 Å². The Bertz CT molecular complexity index is 563. The summed E-state index contributed by atoms with van der Waals surface area (Å²) in [7, 11) is 3.61. The van der Waals surface area contributed by atoms with Crippen LogP contribution in [0.5, 0.6) is 0 Å². The Hall–Kier alpha value is -2.37. The number of carbonyl (C=O) groups excluding carboxylic acids is 1. The minimum Gasteiger partial charge on any atom is -0.397 e. The third kappa shape index (κ3) is 2.32. The molecule has 2 aromatic rings. The van der Waals surface area contributed by atoms with Crippen LogP contribution in [0.1, 0.15) is 16.2 Å². The van der Waals surface area contributed by atoms with Gasteiger partial charge in [0.2, 0.25) is 0 Å². The number of rotatable bonds is 3. The fourth-order valence-electron chi connectivity index (χ4n) is 1.64. The number of amides is 1. The molecule has 6 heteroatoms. The number of imidazole rings is 1. The molecule has 0 aliphatic rings. The maximum Gasteiger partial charge on any atom is 0.256 e. The number of hydrogen-bond donors (Lipinski definition) is 1. The van der Waals surface area contributed by atoms with Crippen molar-refractivity contribution < 1.29 is 4.79 Å². The highest BCUT2D eigenvalue weighted by Crippen LogP contribution is 2.12. The Morgan fingerprint density at radius 3 is 2.89 bits per heavy atom.